The van der Waals surface area contributed by atoms with E-state index in [2.05, 4.69) is 28.1 Å². The molecular weight excluding hydrogens is 280 g/mol. The number of Topliss-reactive ketones (excluding diaryl/α,β-unsaturated/α-hetero) is 1. The number of hydrogen-bond donors (Lipinski definition) is 0. The lowest BCUT2D eigenvalue weighted by molar-refractivity contribution is -0.115. The van der Waals surface area contributed by atoms with Crippen LogP contribution in [0, 0.1) is 0 Å². The van der Waals surface area contributed by atoms with E-state index in [1.54, 1.807) is 0 Å². The smallest absolute Gasteiger partial charge is 0.175 e. The van der Waals surface area contributed by atoms with E-state index in [-0.39, 0.29) is 16.7 Å². The third-order valence-electron chi connectivity index (χ3n) is 3.39. The van der Waals surface area contributed by atoms with E-state index in [9.17, 15) is 4.79 Å². The molecule has 0 saturated heterocycles. The number of benzene rings is 1. The Kier molecular flexibility index (Phi) is 2.79. The number of carbonyl (C=O) groups excluding carboxylic acids is 1. The van der Waals surface area contributed by atoms with Crippen molar-refractivity contribution in [2.75, 3.05) is 0 Å². The summed E-state index contributed by atoms with van der Waals surface area (Å²) in [5.41, 5.74) is 2.05. The van der Waals surface area contributed by atoms with Gasteiger partial charge in [0.2, 0.25) is 0 Å². The monoisotopic (exact) mass is 292 g/mol. The Morgan fingerprint density at radius 3 is 2.76 bits per heavy atom. The zero-order valence-corrected chi connectivity index (χ0v) is 10.9. The highest BCUT2D eigenvalue weighted by Gasteiger charge is 2.36. The van der Waals surface area contributed by atoms with Crippen LogP contribution in [0.4, 0.5) is 0 Å². The van der Waals surface area contributed by atoms with Gasteiger partial charge in [0.1, 0.15) is 11.9 Å². The van der Waals surface area contributed by atoms with Crippen molar-refractivity contribution < 1.29 is 9.53 Å². The van der Waals surface area contributed by atoms with Crippen LogP contribution in [0.15, 0.2) is 41.7 Å². The maximum absolute atomic E-state index is 12.0. The van der Waals surface area contributed by atoms with Crippen LogP contribution in [0.25, 0.3) is 0 Å². The van der Waals surface area contributed by atoms with Gasteiger partial charge in [0, 0.05) is 18.4 Å². The van der Waals surface area contributed by atoms with Gasteiger partial charge in [-0.1, -0.05) is 46.3 Å². The highest BCUT2D eigenvalue weighted by molar-refractivity contribution is 9.10. The first-order chi connectivity index (χ1) is 8.25. The molecule has 88 valence electrons. The molecule has 0 aromatic heterocycles. The number of halogens is 1. The van der Waals surface area contributed by atoms with Gasteiger partial charge in [-0.3, -0.25) is 4.79 Å². The fourth-order valence-electron chi connectivity index (χ4n) is 2.46. The van der Waals surface area contributed by atoms with E-state index in [1.165, 1.54) is 0 Å². The molecule has 2 unspecified atom stereocenters. The molecule has 3 rings (SSSR count). The Morgan fingerprint density at radius 1 is 1.24 bits per heavy atom. The number of hydrogen-bond acceptors (Lipinski definition) is 2. The summed E-state index contributed by atoms with van der Waals surface area (Å²) in [6, 6.07) is 10.1. The number of ketones is 1. The minimum Gasteiger partial charge on any atom is -0.489 e. The molecule has 1 aromatic carbocycles. The molecule has 2 nitrogen and oxygen atoms in total. The van der Waals surface area contributed by atoms with Crippen LogP contribution in [0.2, 0.25) is 0 Å². The van der Waals surface area contributed by atoms with Gasteiger partial charge in [0.25, 0.3) is 0 Å². The Labute approximate surface area is 109 Å². The summed E-state index contributed by atoms with van der Waals surface area (Å²) in [4.78, 5) is 12.0. The first-order valence-electron chi connectivity index (χ1n) is 5.87. The fourth-order valence-corrected chi connectivity index (χ4v) is 2.97. The van der Waals surface area contributed by atoms with Gasteiger partial charge in [0.05, 0.1) is 4.83 Å². The predicted octanol–water partition coefficient (Wildman–Crippen LogP) is 3.53. The van der Waals surface area contributed by atoms with Crippen molar-refractivity contribution in [2.45, 2.75) is 30.2 Å². The van der Waals surface area contributed by atoms with Crippen molar-refractivity contribution in [3.8, 4) is 0 Å². The minimum absolute atomic E-state index is 0.0145. The molecular formula is C14H13BrO2. The third kappa shape index (κ3) is 1.93. The first-order valence-corrected chi connectivity index (χ1v) is 6.79. The molecule has 0 bridgehead atoms. The van der Waals surface area contributed by atoms with Crippen molar-refractivity contribution in [3.05, 3.63) is 47.2 Å². The third-order valence-corrected chi connectivity index (χ3v) is 4.26. The van der Waals surface area contributed by atoms with Gasteiger partial charge in [0.15, 0.2) is 5.78 Å². The van der Waals surface area contributed by atoms with Crippen LogP contribution in [0.3, 0.4) is 0 Å². The molecule has 0 fully saturated rings. The van der Waals surface area contributed by atoms with Crippen LogP contribution in [-0.4, -0.2) is 10.6 Å². The molecule has 0 spiro atoms. The summed E-state index contributed by atoms with van der Waals surface area (Å²) in [6.45, 7) is 0. The molecule has 3 heteroatoms. The summed E-state index contributed by atoms with van der Waals surface area (Å²) < 4.78 is 5.91. The Balaban J connectivity index is 1.83. The van der Waals surface area contributed by atoms with Crippen molar-refractivity contribution in [2.24, 2.45) is 0 Å². The topological polar surface area (TPSA) is 26.3 Å². The highest BCUT2D eigenvalue weighted by atomic mass is 79.9. The largest absolute Gasteiger partial charge is 0.489 e. The average Bonchev–Trinajstić information content (AvgIpc) is 2.80. The number of carbonyl (C=O) groups is 1. The van der Waals surface area contributed by atoms with Crippen LogP contribution < -0.4 is 0 Å². The zero-order chi connectivity index (χ0) is 11.8. The maximum Gasteiger partial charge on any atom is 0.175 e. The van der Waals surface area contributed by atoms with Gasteiger partial charge >= 0.3 is 0 Å². The van der Waals surface area contributed by atoms with Crippen molar-refractivity contribution in [1.82, 2.24) is 0 Å². The number of ether oxygens (including phenoxy) is 1. The maximum atomic E-state index is 12.0. The Bertz CT molecular complexity index is 478. The number of rotatable bonds is 1. The summed E-state index contributed by atoms with van der Waals surface area (Å²) in [5.74, 6) is 1.13. The predicted molar refractivity (Wildman–Crippen MR) is 68.9 cm³/mol. The summed E-state index contributed by atoms with van der Waals surface area (Å²) >= 11 is 3.43. The van der Waals surface area contributed by atoms with Crippen molar-refractivity contribution in [1.29, 1.82) is 0 Å². The summed E-state index contributed by atoms with van der Waals surface area (Å²) in [5, 5.41) is 0. The van der Waals surface area contributed by atoms with Gasteiger partial charge < -0.3 is 4.74 Å². The first kappa shape index (κ1) is 11.0. The molecule has 1 aromatic rings. The molecule has 0 amide bonds. The molecule has 1 aliphatic carbocycles. The Hall–Kier alpha value is -1.09. The second-order valence-electron chi connectivity index (χ2n) is 4.49. The van der Waals surface area contributed by atoms with E-state index in [4.69, 9.17) is 4.74 Å². The second kappa shape index (κ2) is 4.30. The van der Waals surface area contributed by atoms with E-state index < -0.39 is 0 Å². The van der Waals surface area contributed by atoms with Crippen LogP contribution in [0.1, 0.15) is 30.9 Å². The van der Waals surface area contributed by atoms with E-state index in [1.807, 2.05) is 18.2 Å². The molecule has 0 saturated carbocycles. The van der Waals surface area contributed by atoms with Crippen LogP contribution in [-0.2, 0) is 9.53 Å². The van der Waals surface area contributed by atoms with Crippen molar-refractivity contribution in [3.63, 3.8) is 0 Å². The Morgan fingerprint density at radius 2 is 2.00 bits per heavy atom. The van der Waals surface area contributed by atoms with Gasteiger partial charge in [-0.2, -0.15) is 0 Å². The molecule has 2 aliphatic rings. The molecule has 0 N–H and O–H groups in total. The zero-order valence-electron chi connectivity index (χ0n) is 9.36. The van der Waals surface area contributed by atoms with Crippen LogP contribution in [0.5, 0.6) is 0 Å². The van der Waals surface area contributed by atoms with Gasteiger partial charge in [-0.25, -0.2) is 0 Å². The van der Waals surface area contributed by atoms with Crippen molar-refractivity contribution >= 4 is 21.7 Å². The minimum atomic E-state index is -0.0145. The normalized spacial score (nSPS) is 27.9. The molecule has 1 aliphatic heterocycles. The van der Waals surface area contributed by atoms with E-state index in [0.29, 0.717) is 0 Å². The SMILES string of the molecule is O=C1C2=C(CCC1Br)OC(c1ccccc1)C2. The van der Waals surface area contributed by atoms with Gasteiger partial charge in [-0.15, -0.1) is 0 Å². The van der Waals surface area contributed by atoms with E-state index >= 15 is 0 Å². The van der Waals surface area contributed by atoms with E-state index in [0.717, 1.165) is 36.2 Å². The molecule has 1 heterocycles. The lowest BCUT2D eigenvalue weighted by atomic mass is 9.93. The van der Waals surface area contributed by atoms with Crippen LogP contribution >= 0.6 is 15.9 Å². The lowest BCUT2D eigenvalue weighted by Gasteiger charge is -2.16. The fraction of sp³-hybridized carbons (Fsp3) is 0.357. The number of allylic oxidation sites excluding steroid dienone is 1. The quantitative estimate of drug-likeness (QED) is 0.740. The lowest BCUT2D eigenvalue weighted by Crippen LogP contribution is -2.20. The van der Waals surface area contributed by atoms with Gasteiger partial charge in [-0.05, 0) is 12.0 Å². The summed E-state index contributed by atoms with van der Waals surface area (Å²) in [7, 11) is 0. The average molecular weight is 293 g/mol. The molecule has 17 heavy (non-hydrogen) atoms. The molecule has 2 atom stereocenters. The standard InChI is InChI=1S/C14H13BrO2/c15-11-6-7-12-10(14(11)16)8-13(17-12)9-4-2-1-3-5-9/h1-5,11,13H,6-8H2. The molecule has 0 radical (unpaired) electrons. The summed E-state index contributed by atoms with van der Waals surface area (Å²) in [6.07, 6.45) is 2.47. The second-order valence-corrected chi connectivity index (χ2v) is 5.60. The highest BCUT2D eigenvalue weighted by Crippen LogP contribution is 2.42. The number of alkyl halides is 1.